The van der Waals surface area contributed by atoms with Crippen LogP contribution in [0.3, 0.4) is 0 Å². The number of thiazole rings is 1. The second-order valence-corrected chi connectivity index (χ2v) is 8.34. The smallest absolute Gasteiger partial charge is 0.226 e. The number of thioether (sulfide) groups is 1. The third-order valence-electron chi connectivity index (χ3n) is 3.96. The molecule has 3 aromatic rings. The highest BCUT2D eigenvalue weighted by Crippen LogP contribution is 2.30. The van der Waals surface area contributed by atoms with Crippen molar-refractivity contribution in [3.63, 3.8) is 0 Å². The molecule has 142 valence electrons. The van der Waals surface area contributed by atoms with Crippen molar-refractivity contribution < 1.29 is 4.79 Å². The highest BCUT2D eigenvalue weighted by atomic mass is 35.5. The minimum Gasteiger partial charge on any atom is -0.355 e. The summed E-state index contributed by atoms with van der Waals surface area (Å²) in [5, 5.41) is 15.4. The molecule has 0 spiro atoms. The van der Waals surface area contributed by atoms with E-state index in [9.17, 15) is 4.79 Å². The van der Waals surface area contributed by atoms with Crippen molar-refractivity contribution in [2.45, 2.75) is 12.2 Å². The molecule has 0 atom stereocenters. The number of carbonyl (C=O) groups is 1. The molecule has 0 aliphatic carbocycles. The predicted molar refractivity (Wildman–Crippen MR) is 117 cm³/mol. The summed E-state index contributed by atoms with van der Waals surface area (Å²) in [6, 6.07) is 17.3. The Balaban J connectivity index is 1.42. The molecule has 1 aromatic heterocycles. The minimum atomic E-state index is -0.0472. The Morgan fingerprint density at radius 3 is 2.82 bits per heavy atom. The van der Waals surface area contributed by atoms with Gasteiger partial charge in [0.1, 0.15) is 5.01 Å². The molecule has 28 heavy (non-hydrogen) atoms. The lowest BCUT2D eigenvalue weighted by Crippen LogP contribution is -2.27. The molecular formula is C21H18ClN3OS2. The molecule has 0 radical (unpaired) electrons. The maximum atomic E-state index is 12.1. The van der Waals surface area contributed by atoms with Crippen LogP contribution in [0.25, 0.3) is 10.6 Å². The number of aromatic nitrogens is 1. The second kappa shape index (κ2) is 10.3. The van der Waals surface area contributed by atoms with E-state index in [4.69, 9.17) is 16.9 Å². The van der Waals surface area contributed by atoms with Gasteiger partial charge in [-0.2, -0.15) is 17.0 Å². The fourth-order valence-electron chi connectivity index (χ4n) is 2.57. The molecule has 0 fully saturated rings. The third kappa shape index (κ3) is 5.59. The van der Waals surface area contributed by atoms with Crippen molar-refractivity contribution in [1.29, 1.82) is 5.26 Å². The van der Waals surface area contributed by atoms with Gasteiger partial charge in [-0.3, -0.25) is 4.79 Å². The Kier molecular flexibility index (Phi) is 7.49. The zero-order valence-electron chi connectivity index (χ0n) is 15.0. The number of amides is 1. The van der Waals surface area contributed by atoms with Crippen LogP contribution in [0.15, 0.2) is 53.9 Å². The quantitative estimate of drug-likeness (QED) is 0.518. The molecule has 0 saturated carbocycles. The van der Waals surface area contributed by atoms with Crippen LogP contribution in [0.4, 0.5) is 0 Å². The van der Waals surface area contributed by atoms with E-state index >= 15 is 0 Å². The van der Waals surface area contributed by atoms with Gasteiger partial charge in [0, 0.05) is 29.0 Å². The summed E-state index contributed by atoms with van der Waals surface area (Å²) in [4.78, 5) is 16.7. The number of rotatable bonds is 8. The Morgan fingerprint density at radius 2 is 2.00 bits per heavy atom. The third-order valence-corrected chi connectivity index (χ3v) is 6.22. The average Bonchev–Trinajstić information content (AvgIpc) is 3.16. The molecule has 0 unspecified atom stereocenters. The van der Waals surface area contributed by atoms with Gasteiger partial charge in [-0.25, -0.2) is 4.98 Å². The molecule has 0 aliphatic rings. The zero-order valence-corrected chi connectivity index (χ0v) is 17.4. The summed E-state index contributed by atoms with van der Waals surface area (Å²) in [6.07, 6.45) is 0.253. The molecule has 0 saturated heterocycles. The van der Waals surface area contributed by atoms with Gasteiger partial charge in [0.05, 0.1) is 28.8 Å². The first-order valence-electron chi connectivity index (χ1n) is 8.69. The van der Waals surface area contributed by atoms with E-state index < -0.39 is 0 Å². The van der Waals surface area contributed by atoms with Crippen molar-refractivity contribution in [3.05, 3.63) is 75.8 Å². The minimum absolute atomic E-state index is 0.0472. The lowest BCUT2D eigenvalue weighted by atomic mass is 10.1. The SMILES string of the molecule is N#Cc1ccccc1CSCCNC(=O)Cc1csc(-c2ccccc2Cl)n1. The second-order valence-electron chi connectivity index (χ2n) is 5.97. The van der Waals surface area contributed by atoms with Crippen LogP contribution in [-0.2, 0) is 17.0 Å². The lowest BCUT2D eigenvalue weighted by molar-refractivity contribution is -0.120. The topological polar surface area (TPSA) is 65.8 Å². The summed E-state index contributed by atoms with van der Waals surface area (Å²) >= 11 is 9.38. The fourth-order valence-corrected chi connectivity index (χ4v) is 4.58. The standard InChI is InChI=1S/C21H18ClN3OS2/c22-19-8-4-3-7-18(19)21-25-17(14-28-21)11-20(26)24-9-10-27-13-16-6-2-1-5-15(16)12-23/h1-8,14H,9-11,13H2,(H,24,26). The summed E-state index contributed by atoms with van der Waals surface area (Å²) in [5.41, 5.74) is 3.36. The average molecular weight is 428 g/mol. The summed E-state index contributed by atoms with van der Waals surface area (Å²) in [5.74, 6) is 1.49. The Morgan fingerprint density at radius 1 is 1.21 bits per heavy atom. The number of nitriles is 1. The van der Waals surface area contributed by atoms with E-state index in [-0.39, 0.29) is 12.3 Å². The molecular weight excluding hydrogens is 410 g/mol. The Labute approximate surface area is 177 Å². The monoisotopic (exact) mass is 427 g/mol. The molecule has 2 aromatic carbocycles. The number of nitrogens with zero attached hydrogens (tertiary/aromatic N) is 2. The molecule has 3 rings (SSSR count). The van der Waals surface area contributed by atoms with Crippen molar-refractivity contribution in [2.75, 3.05) is 12.3 Å². The molecule has 1 N–H and O–H groups in total. The molecule has 7 heteroatoms. The zero-order chi connectivity index (χ0) is 19.8. The highest BCUT2D eigenvalue weighted by Gasteiger charge is 2.11. The van der Waals surface area contributed by atoms with Crippen LogP contribution in [0.2, 0.25) is 5.02 Å². The normalized spacial score (nSPS) is 10.4. The molecule has 1 heterocycles. The molecule has 4 nitrogen and oxygen atoms in total. The van der Waals surface area contributed by atoms with Gasteiger partial charge in [-0.15, -0.1) is 11.3 Å². The van der Waals surface area contributed by atoms with Crippen molar-refractivity contribution in [3.8, 4) is 16.6 Å². The number of benzene rings is 2. The van der Waals surface area contributed by atoms with E-state index in [0.29, 0.717) is 17.1 Å². The fraction of sp³-hybridized carbons (Fsp3) is 0.190. The summed E-state index contributed by atoms with van der Waals surface area (Å²) in [7, 11) is 0. The first-order valence-corrected chi connectivity index (χ1v) is 11.1. The van der Waals surface area contributed by atoms with E-state index in [1.54, 1.807) is 11.8 Å². The maximum absolute atomic E-state index is 12.1. The molecule has 1 amide bonds. The Hall–Kier alpha value is -2.33. The van der Waals surface area contributed by atoms with Gasteiger partial charge in [0.2, 0.25) is 5.91 Å². The van der Waals surface area contributed by atoms with Gasteiger partial charge in [-0.1, -0.05) is 48.0 Å². The van der Waals surface area contributed by atoms with Gasteiger partial charge in [-0.05, 0) is 17.7 Å². The van der Waals surface area contributed by atoms with Crippen molar-refractivity contribution >= 4 is 40.6 Å². The van der Waals surface area contributed by atoms with Crippen LogP contribution in [0.1, 0.15) is 16.8 Å². The summed E-state index contributed by atoms with van der Waals surface area (Å²) in [6.45, 7) is 0.583. The first kappa shape index (κ1) is 20.4. The van der Waals surface area contributed by atoms with Gasteiger partial charge >= 0.3 is 0 Å². The van der Waals surface area contributed by atoms with Gasteiger partial charge < -0.3 is 5.32 Å². The summed E-state index contributed by atoms with van der Waals surface area (Å²) < 4.78 is 0. The number of halogens is 1. The molecule has 0 aliphatic heterocycles. The highest BCUT2D eigenvalue weighted by molar-refractivity contribution is 7.98. The van der Waals surface area contributed by atoms with Crippen LogP contribution >= 0.6 is 34.7 Å². The predicted octanol–water partition coefficient (Wildman–Crippen LogP) is 4.93. The van der Waals surface area contributed by atoms with Crippen LogP contribution in [0, 0.1) is 11.3 Å². The van der Waals surface area contributed by atoms with Gasteiger partial charge in [0.25, 0.3) is 0 Å². The lowest BCUT2D eigenvalue weighted by Gasteiger charge is -2.05. The van der Waals surface area contributed by atoms with Crippen LogP contribution in [0.5, 0.6) is 0 Å². The first-order chi connectivity index (χ1) is 13.7. The number of carbonyl (C=O) groups excluding carboxylic acids is 1. The number of nitrogens with one attached hydrogen (secondary N) is 1. The Bertz CT molecular complexity index is 997. The van der Waals surface area contributed by atoms with E-state index in [1.165, 1.54) is 11.3 Å². The molecule has 0 bridgehead atoms. The van der Waals surface area contributed by atoms with Crippen molar-refractivity contribution in [2.24, 2.45) is 0 Å². The largest absolute Gasteiger partial charge is 0.355 e. The van der Waals surface area contributed by atoms with Crippen LogP contribution in [-0.4, -0.2) is 23.2 Å². The van der Waals surface area contributed by atoms with E-state index in [0.717, 1.165) is 33.3 Å². The number of hydrogen-bond donors (Lipinski definition) is 1. The number of hydrogen-bond acceptors (Lipinski definition) is 5. The van der Waals surface area contributed by atoms with Gasteiger partial charge in [0.15, 0.2) is 0 Å². The van der Waals surface area contributed by atoms with Crippen LogP contribution < -0.4 is 5.32 Å². The van der Waals surface area contributed by atoms with E-state index in [1.807, 2.05) is 53.9 Å². The maximum Gasteiger partial charge on any atom is 0.226 e. The van der Waals surface area contributed by atoms with E-state index in [2.05, 4.69) is 16.4 Å². The van der Waals surface area contributed by atoms with Crippen molar-refractivity contribution in [1.82, 2.24) is 10.3 Å².